The van der Waals surface area contributed by atoms with E-state index >= 15 is 0 Å². The van der Waals surface area contributed by atoms with Gasteiger partial charge < -0.3 is 15.2 Å². The highest BCUT2D eigenvalue weighted by Gasteiger charge is 2.14. The molecule has 114 valence electrons. The summed E-state index contributed by atoms with van der Waals surface area (Å²) >= 11 is 0. The Morgan fingerprint density at radius 1 is 1.19 bits per heavy atom. The van der Waals surface area contributed by atoms with Crippen molar-refractivity contribution in [2.75, 3.05) is 6.54 Å². The molecule has 0 saturated heterocycles. The molecule has 0 radical (unpaired) electrons. The molecule has 0 aliphatic heterocycles. The summed E-state index contributed by atoms with van der Waals surface area (Å²) in [6.07, 6.45) is 0. The maximum atomic E-state index is 11.9. The molecule has 0 saturated carbocycles. The summed E-state index contributed by atoms with van der Waals surface area (Å²) in [6, 6.07) is 8.16. The van der Waals surface area contributed by atoms with E-state index in [1.54, 1.807) is 0 Å². The van der Waals surface area contributed by atoms with Crippen molar-refractivity contribution in [1.29, 1.82) is 0 Å². The van der Waals surface area contributed by atoms with Gasteiger partial charge in [0.05, 0.1) is 0 Å². The first kappa shape index (κ1) is 15.4. The van der Waals surface area contributed by atoms with Crippen molar-refractivity contribution in [3.63, 3.8) is 0 Å². The molecule has 1 heterocycles. The van der Waals surface area contributed by atoms with E-state index in [0.717, 1.165) is 0 Å². The van der Waals surface area contributed by atoms with Gasteiger partial charge in [0.15, 0.2) is 0 Å². The third-order valence-electron chi connectivity index (χ3n) is 3.74. The molecular weight excluding hydrogens is 262 g/mol. The first-order chi connectivity index (χ1) is 9.79. The lowest BCUT2D eigenvalue weighted by Crippen LogP contribution is -2.39. The van der Waals surface area contributed by atoms with Crippen LogP contribution in [0.25, 0.3) is 10.9 Å². The van der Waals surface area contributed by atoms with E-state index in [2.05, 4.69) is 62.1 Å². The van der Waals surface area contributed by atoms with Gasteiger partial charge in [-0.1, -0.05) is 39.0 Å². The van der Waals surface area contributed by atoms with Crippen LogP contribution in [0.4, 0.5) is 4.79 Å². The second kappa shape index (κ2) is 5.80. The molecule has 21 heavy (non-hydrogen) atoms. The number of hydrogen-bond acceptors (Lipinski definition) is 1. The molecule has 4 heteroatoms. The Kier molecular flexibility index (Phi) is 4.26. The number of fused-ring (bicyclic) bond motifs is 1. The molecule has 4 nitrogen and oxygen atoms in total. The van der Waals surface area contributed by atoms with Crippen LogP contribution in [0.5, 0.6) is 0 Å². The van der Waals surface area contributed by atoms with Crippen molar-refractivity contribution < 1.29 is 4.79 Å². The minimum Gasteiger partial charge on any atom is -0.348 e. The normalized spacial score (nSPS) is 11.7. The number of aromatic nitrogens is 1. The zero-order chi connectivity index (χ0) is 15.6. The number of hydrogen-bond donors (Lipinski definition) is 2. The lowest BCUT2D eigenvalue weighted by Gasteiger charge is -2.19. The number of nitrogens with one attached hydrogen (secondary N) is 2. The van der Waals surface area contributed by atoms with E-state index in [9.17, 15) is 4.79 Å². The Hall–Kier alpha value is -1.97. The van der Waals surface area contributed by atoms with Crippen LogP contribution in [0.1, 0.15) is 32.0 Å². The third kappa shape index (κ3) is 3.57. The molecule has 1 aromatic heterocycles. The monoisotopic (exact) mass is 287 g/mol. The summed E-state index contributed by atoms with van der Waals surface area (Å²) in [7, 11) is 2.06. The zero-order valence-corrected chi connectivity index (χ0v) is 13.6. The molecule has 0 aliphatic rings. The fourth-order valence-corrected chi connectivity index (χ4v) is 2.40. The van der Waals surface area contributed by atoms with Gasteiger partial charge in [-0.05, 0) is 24.0 Å². The van der Waals surface area contributed by atoms with Crippen LogP contribution >= 0.6 is 0 Å². The van der Waals surface area contributed by atoms with E-state index in [1.165, 1.54) is 22.2 Å². The number of nitrogens with zero attached hydrogens (tertiary/aromatic N) is 1. The minimum absolute atomic E-state index is 0.0900. The zero-order valence-electron chi connectivity index (χ0n) is 13.6. The molecule has 0 bridgehead atoms. The van der Waals surface area contributed by atoms with E-state index in [1.807, 2.05) is 12.1 Å². The van der Waals surface area contributed by atoms with Gasteiger partial charge in [0, 0.05) is 36.7 Å². The largest absolute Gasteiger partial charge is 0.348 e. The Morgan fingerprint density at radius 3 is 2.52 bits per heavy atom. The average molecular weight is 287 g/mol. The van der Waals surface area contributed by atoms with E-state index < -0.39 is 0 Å². The van der Waals surface area contributed by atoms with Gasteiger partial charge in [-0.2, -0.15) is 0 Å². The van der Waals surface area contributed by atoms with Gasteiger partial charge in [-0.25, -0.2) is 4.79 Å². The Balaban J connectivity index is 2.07. The number of benzene rings is 1. The van der Waals surface area contributed by atoms with Gasteiger partial charge in [0.2, 0.25) is 0 Å². The van der Waals surface area contributed by atoms with Crippen LogP contribution < -0.4 is 10.6 Å². The van der Waals surface area contributed by atoms with Crippen molar-refractivity contribution in [3.05, 3.63) is 35.5 Å². The predicted octanol–water partition coefficient (Wildman–Crippen LogP) is 3.33. The van der Waals surface area contributed by atoms with E-state index in [4.69, 9.17) is 0 Å². The van der Waals surface area contributed by atoms with Crippen molar-refractivity contribution in [1.82, 2.24) is 15.2 Å². The SMILES string of the molecule is Cc1c(CNC(=O)NCC(C)(C)C)c2ccccc2n1C. The number of carbonyl (C=O) groups excluding carboxylic acids is 1. The molecule has 0 aliphatic carbocycles. The van der Waals surface area contributed by atoms with Crippen LogP contribution in [0, 0.1) is 12.3 Å². The number of para-hydroxylation sites is 1. The number of aryl methyl sites for hydroxylation is 1. The van der Waals surface area contributed by atoms with E-state index in [-0.39, 0.29) is 11.4 Å². The lowest BCUT2D eigenvalue weighted by atomic mass is 9.97. The van der Waals surface area contributed by atoms with Gasteiger partial charge in [0.1, 0.15) is 0 Å². The fourth-order valence-electron chi connectivity index (χ4n) is 2.40. The molecular formula is C17H25N3O. The van der Waals surface area contributed by atoms with Gasteiger partial charge in [0.25, 0.3) is 0 Å². The standard InChI is InChI=1S/C17H25N3O/c1-12-14(10-18-16(21)19-11-17(2,3)4)13-8-6-7-9-15(13)20(12)5/h6-9H,10-11H2,1-5H3,(H2,18,19,21). The highest BCUT2D eigenvalue weighted by molar-refractivity contribution is 5.86. The molecule has 2 aromatic rings. The summed E-state index contributed by atoms with van der Waals surface area (Å²) < 4.78 is 2.17. The number of urea groups is 1. The maximum Gasteiger partial charge on any atom is 0.315 e. The first-order valence-corrected chi connectivity index (χ1v) is 7.34. The van der Waals surface area contributed by atoms with Crippen molar-refractivity contribution in [2.24, 2.45) is 12.5 Å². The summed E-state index contributed by atoms with van der Waals surface area (Å²) in [5, 5.41) is 7.07. The quantitative estimate of drug-likeness (QED) is 0.893. The number of rotatable bonds is 3. The number of amides is 2. The molecule has 1 aromatic carbocycles. The molecule has 0 fully saturated rings. The maximum absolute atomic E-state index is 11.9. The summed E-state index contributed by atoms with van der Waals surface area (Å²) in [5.74, 6) is 0. The molecule has 0 spiro atoms. The van der Waals surface area contributed by atoms with Crippen LogP contribution in [0.3, 0.4) is 0 Å². The van der Waals surface area contributed by atoms with Gasteiger partial charge in [-0.15, -0.1) is 0 Å². The lowest BCUT2D eigenvalue weighted by molar-refractivity contribution is 0.235. The molecule has 0 atom stereocenters. The van der Waals surface area contributed by atoms with Crippen molar-refractivity contribution in [3.8, 4) is 0 Å². The van der Waals surface area contributed by atoms with Crippen LogP contribution in [-0.2, 0) is 13.6 Å². The van der Waals surface area contributed by atoms with Crippen molar-refractivity contribution in [2.45, 2.75) is 34.2 Å². The van der Waals surface area contributed by atoms with Crippen LogP contribution in [0.15, 0.2) is 24.3 Å². The van der Waals surface area contributed by atoms with Crippen molar-refractivity contribution >= 4 is 16.9 Å². The molecule has 2 N–H and O–H groups in total. The highest BCUT2D eigenvalue weighted by atomic mass is 16.2. The Bertz CT molecular complexity index is 650. The second-order valence-electron chi connectivity index (χ2n) is 6.74. The highest BCUT2D eigenvalue weighted by Crippen LogP contribution is 2.24. The summed E-state index contributed by atoms with van der Waals surface area (Å²) in [5.41, 5.74) is 3.65. The number of carbonyl (C=O) groups is 1. The van der Waals surface area contributed by atoms with Gasteiger partial charge in [-0.3, -0.25) is 0 Å². The molecule has 0 unspecified atom stereocenters. The fraction of sp³-hybridized carbons (Fsp3) is 0.471. The third-order valence-corrected chi connectivity index (χ3v) is 3.74. The average Bonchev–Trinajstić information content (AvgIpc) is 2.67. The van der Waals surface area contributed by atoms with Gasteiger partial charge >= 0.3 is 6.03 Å². The second-order valence-corrected chi connectivity index (χ2v) is 6.74. The molecule has 2 amide bonds. The topological polar surface area (TPSA) is 46.1 Å². The summed E-state index contributed by atoms with van der Waals surface area (Å²) in [4.78, 5) is 11.9. The van der Waals surface area contributed by atoms with Crippen LogP contribution in [0.2, 0.25) is 0 Å². The predicted molar refractivity (Wildman–Crippen MR) is 87.3 cm³/mol. The first-order valence-electron chi connectivity index (χ1n) is 7.34. The van der Waals surface area contributed by atoms with Crippen LogP contribution in [-0.4, -0.2) is 17.1 Å². The smallest absolute Gasteiger partial charge is 0.315 e. The Labute approximate surface area is 126 Å². The minimum atomic E-state index is -0.114. The Morgan fingerprint density at radius 2 is 1.86 bits per heavy atom. The van der Waals surface area contributed by atoms with E-state index in [0.29, 0.717) is 13.1 Å². The molecule has 2 rings (SSSR count). The summed E-state index contributed by atoms with van der Waals surface area (Å²) in [6.45, 7) is 9.59.